The molecule has 0 aliphatic rings. The fraction of sp³-hybridized carbons (Fsp3) is 0.467. The van der Waals surface area contributed by atoms with Gasteiger partial charge >= 0.3 is 0 Å². The second-order valence-corrected chi connectivity index (χ2v) is 5.62. The van der Waals surface area contributed by atoms with Gasteiger partial charge in [0, 0.05) is 11.6 Å². The first-order valence-electron chi connectivity index (χ1n) is 7.16. The van der Waals surface area contributed by atoms with Gasteiger partial charge in [-0.25, -0.2) is 4.52 Å². The van der Waals surface area contributed by atoms with Crippen LogP contribution in [0.15, 0.2) is 29.5 Å². The Hall–Kier alpha value is -2.28. The number of ether oxygens (including phenoxy) is 1. The van der Waals surface area contributed by atoms with Gasteiger partial charge in [-0.05, 0) is 13.3 Å². The number of rotatable bonds is 6. The van der Waals surface area contributed by atoms with Gasteiger partial charge in [0.15, 0.2) is 0 Å². The molecule has 0 aliphatic heterocycles. The lowest BCUT2D eigenvalue weighted by molar-refractivity contribution is 0.216. The monoisotopic (exact) mass is 303 g/mol. The highest BCUT2D eigenvalue weighted by atomic mass is 16.5. The van der Waals surface area contributed by atoms with Gasteiger partial charge in [0.2, 0.25) is 5.88 Å². The lowest BCUT2D eigenvalue weighted by Crippen LogP contribution is -2.22. The van der Waals surface area contributed by atoms with Crippen LogP contribution in [-0.2, 0) is 5.41 Å². The predicted molar refractivity (Wildman–Crippen MR) is 84.1 cm³/mol. The molecule has 0 aromatic carbocycles. The van der Waals surface area contributed by atoms with Crippen LogP contribution in [0.2, 0.25) is 0 Å². The Kier molecular flexibility index (Phi) is 4.87. The third-order valence-electron chi connectivity index (χ3n) is 3.21. The summed E-state index contributed by atoms with van der Waals surface area (Å²) in [6.07, 6.45) is 7.33. The normalized spacial score (nSPS) is 13.2. The number of fused-ring (bicyclic) bond motifs is 1. The maximum atomic E-state index is 9.68. The molecule has 0 unspecified atom stereocenters. The summed E-state index contributed by atoms with van der Waals surface area (Å²) in [6, 6.07) is 0. The van der Waals surface area contributed by atoms with Gasteiger partial charge in [0.1, 0.15) is 12.6 Å². The van der Waals surface area contributed by atoms with E-state index in [-0.39, 0.29) is 6.61 Å². The second kappa shape index (κ2) is 6.65. The molecular weight excluding hydrogens is 282 g/mol. The standard InChI is InChI=1S/C15H21N5O2/c1-5-6-16-11(2)8-22-14-13(15(3,4)9-21)12-7-17-18-10-20(12)19-14/h6-8,10,21H,5,9H2,1-4H3/b11-8-,16-6?. The number of aromatic nitrogens is 4. The number of allylic oxidation sites excluding steroid dienone is 1. The molecule has 0 fully saturated rings. The molecule has 1 N–H and O–H groups in total. The van der Waals surface area contributed by atoms with E-state index in [1.54, 1.807) is 17.0 Å². The zero-order valence-corrected chi connectivity index (χ0v) is 13.3. The van der Waals surface area contributed by atoms with Gasteiger partial charge in [0.25, 0.3) is 0 Å². The second-order valence-electron chi connectivity index (χ2n) is 5.62. The van der Waals surface area contributed by atoms with Crippen molar-refractivity contribution in [3.63, 3.8) is 0 Å². The molecule has 2 aromatic rings. The number of hydrogen-bond donors (Lipinski definition) is 1. The minimum atomic E-state index is -0.519. The number of aliphatic hydroxyl groups is 1. The third kappa shape index (κ3) is 3.30. The molecular formula is C15H21N5O2. The van der Waals surface area contributed by atoms with E-state index < -0.39 is 5.41 Å². The van der Waals surface area contributed by atoms with Crippen LogP contribution in [0.1, 0.15) is 39.7 Å². The molecule has 0 saturated heterocycles. The SMILES string of the molecule is CCC=N/C(C)=C\Oc1nn2cnncc2c1C(C)(C)CO. The highest BCUT2D eigenvalue weighted by Gasteiger charge is 2.29. The van der Waals surface area contributed by atoms with Crippen LogP contribution < -0.4 is 4.74 Å². The molecule has 0 amide bonds. The van der Waals surface area contributed by atoms with Crippen molar-refractivity contribution in [3.05, 3.63) is 30.0 Å². The summed E-state index contributed by atoms with van der Waals surface area (Å²) in [5.74, 6) is 0.417. The number of aliphatic imine (C=N–C) groups is 1. The molecule has 22 heavy (non-hydrogen) atoms. The van der Waals surface area contributed by atoms with Crippen molar-refractivity contribution in [2.75, 3.05) is 6.61 Å². The summed E-state index contributed by atoms with van der Waals surface area (Å²) < 4.78 is 7.29. The molecule has 0 aliphatic carbocycles. The van der Waals surface area contributed by atoms with Crippen LogP contribution in [0.4, 0.5) is 0 Å². The predicted octanol–water partition coefficient (Wildman–Crippen LogP) is 2.12. The summed E-state index contributed by atoms with van der Waals surface area (Å²) in [5.41, 5.74) is 1.76. The Balaban J connectivity index is 2.45. The van der Waals surface area contributed by atoms with Gasteiger partial charge in [-0.1, -0.05) is 20.8 Å². The lowest BCUT2D eigenvalue weighted by atomic mass is 9.86. The minimum Gasteiger partial charge on any atom is -0.443 e. The topological polar surface area (TPSA) is 84.9 Å². The van der Waals surface area contributed by atoms with Crippen LogP contribution in [0.5, 0.6) is 5.88 Å². The van der Waals surface area contributed by atoms with Gasteiger partial charge in [0.05, 0.1) is 29.6 Å². The highest BCUT2D eigenvalue weighted by molar-refractivity contribution is 5.61. The first kappa shape index (κ1) is 16.1. The van der Waals surface area contributed by atoms with Crippen molar-refractivity contribution in [1.82, 2.24) is 19.8 Å². The zero-order valence-electron chi connectivity index (χ0n) is 13.3. The molecule has 2 aromatic heterocycles. The van der Waals surface area contributed by atoms with Crippen molar-refractivity contribution >= 4 is 11.7 Å². The van der Waals surface area contributed by atoms with E-state index in [2.05, 4.69) is 20.3 Å². The van der Waals surface area contributed by atoms with E-state index >= 15 is 0 Å². The average Bonchev–Trinajstić information content (AvgIpc) is 2.90. The van der Waals surface area contributed by atoms with Crippen LogP contribution >= 0.6 is 0 Å². The maximum Gasteiger partial charge on any atom is 0.242 e. The van der Waals surface area contributed by atoms with Crippen molar-refractivity contribution in [3.8, 4) is 5.88 Å². The van der Waals surface area contributed by atoms with Crippen LogP contribution in [0, 0.1) is 0 Å². The summed E-state index contributed by atoms with van der Waals surface area (Å²) >= 11 is 0. The summed E-state index contributed by atoms with van der Waals surface area (Å²) in [6.45, 7) is 7.67. The van der Waals surface area contributed by atoms with E-state index in [1.165, 1.54) is 6.33 Å². The summed E-state index contributed by atoms with van der Waals surface area (Å²) in [5, 5.41) is 21.7. The van der Waals surface area contributed by atoms with Crippen molar-refractivity contribution < 1.29 is 9.84 Å². The molecule has 0 atom stereocenters. The molecule has 2 heterocycles. The Morgan fingerprint density at radius 2 is 2.23 bits per heavy atom. The Bertz CT molecular complexity index is 703. The zero-order chi connectivity index (χ0) is 16.2. The van der Waals surface area contributed by atoms with Crippen molar-refractivity contribution in [2.45, 2.75) is 39.5 Å². The molecule has 0 bridgehead atoms. The molecule has 118 valence electrons. The average molecular weight is 303 g/mol. The largest absolute Gasteiger partial charge is 0.443 e. The highest BCUT2D eigenvalue weighted by Crippen LogP contribution is 2.34. The molecule has 0 saturated carbocycles. The van der Waals surface area contributed by atoms with E-state index in [0.717, 1.165) is 23.2 Å². The Morgan fingerprint density at radius 3 is 2.91 bits per heavy atom. The van der Waals surface area contributed by atoms with Gasteiger partial charge in [-0.2, -0.15) is 5.10 Å². The minimum absolute atomic E-state index is 0.0380. The molecule has 7 nitrogen and oxygen atoms in total. The smallest absolute Gasteiger partial charge is 0.242 e. The van der Waals surface area contributed by atoms with Crippen molar-refractivity contribution in [1.29, 1.82) is 0 Å². The number of nitrogens with zero attached hydrogens (tertiary/aromatic N) is 5. The van der Waals surface area contributed by atoms with Gasteiger partial charge in [-0.15, -0.1) is 10.2 Å². The van der Waals surface area contributed by atoms with E-state index in [4.69, 9.17) is 4.74 Å². The Morgan fingerprint density at radius 1 is 1.45 bits per heavy atom. The van der Waals surface area contributed by atoms with Crippen LogP contribution in [0.25, 0.3) is 5.52 Å². The molecule has 0 spiro atoms. The number of aliphatic hydroxyl groups excluding tert-OH is 1. The maximum absolute atomic E-state index is 9.68. The molecule has 2 rings (SSSR count). The fourth-order valence-electron chi connectivity index (χ4n) is 2.01. The van der Waals surface area contributed by atoms with Gasteiger partial charge < -0.3 is 9.84 Å². The first-order valence-corrected chi connectivity index (χ1v) is 7.16. The summed E-state index contributed by atoms with van der Waals surface area (Å²) in [7, 11) is 0. The summed E-state index contributed by atoms with van der Waals surface area (Å²) in [4.78, 5) is 4.23. The van der Waals surface area contributed by atoms with E-state index in [1.807, 2.05) is 33.9 Å². The van der Waals surface area contributed by atoms with E-state index in [0.29, 0.717) is 5.88 Å². The van der Waals surface area contributed by atoms with Crippen LogP contribution in [0.3, 0.4) is 0 Å². The first-order chi connectivity index (χ1) is 10.5. The molecule has 7 heteroatoms. The third-order valence-corrected chi connectivity index (χ3v) is 3.21. The Labute approximate surface area is 129 Å². The number of hydrogen-bond acceptors (Lipinski definition) is 6. The quantitative estimate of drug-likeness (QED) is 0.652. The van der Waals surface area contributed by atoms with Gasteiger partial charge in [-0.3, -0.25) is 4.99 Å². The van der Waals surface area contributed by atoms with Crippen molar-refractivity contribution in [2.24, 2.45) is 4.99 Å². The fourth-order valence-corrected chi connectivity index (χ4v) is 2.01. The molecule has 0 radical (unpaired) electrons. The lowest BCUT2D eigenvalue weighted by Gasteiger charge is -2.21. The van der Waals surface area contributed by atoms with Crippen LogP contribution in [-0.4, -0.2) is 37.7 Å². The van der Waals surface area contributed by atoms with E-state index in [9.17, 15) is 5.11 Å².